The van der Waals surface area contributed by atoms with Crippen molar-refractivity contribution in [3.63, 3.8) is 0 Å². The molecule has 13 nitrogen and oxygen atoms in total. The lowest BCUT2D eigenvalue weighted by molar-refractivity contribution is -0.308. The third kappa shape index (κ3) is 15.6. The number of carboxylic acid groups (broad SMARTS) is 3. The summed E-state index contributed by atoms with van der Waals surface area (Å²) in [5.41, 5.74) is 16.4. The summed E-state index contributed by atoms with van der Waals surface area (Å²) in [5.74, 6) is -3.73. The zero-order valence-corrected chi connectivity index (χ0v) is 26.4. The second-order valence-electron chi connectivity index (χ2n) is 10.4. The van der Waals surface area contributed by atoms with E-state index >= 15 is 0 Å². The van der Waals surface area contributed by atoms with Crippen molar-refractivity contribution in [2.45, 2.75) is 94.9 Å². The monoisotopic (exact) mass is 642 g/mol. The number of carboxylic acids is 3. The van der Waals surface area contributed by atoms with E-state index in [1.165, 1.54) is 11.8 Å². The topological polar surface area (TPSA) is 235 Å². The molecule has 1 aliphatic rings. The highest BCUT2D eigenvalue weighted by Gasteiger charge is 2.45. The zero-order chi connectivity index (χ0) is 32.9. The minimum atomic E-state index is -1.29. The first kappa shape index (κ1) is 39.7. The molecule has 14 heteroatoms. The maximum atomic E-state index is 10.8. The molecule has 1 rings (SSSR count). The Morgan fingerprint density at radius 2 is 1.30 bits per heavy atom. The highest BCUT2D eigenvalue weighted by atomic mass is 32.2. The molecule has 0 spiro atoms. The Bertz CT molecular complexity index is 935. The van der Waals surface area contributed by atoms with Crippen LogP contribution in [0.5, 0.6) is 0 Å². The van der Waals surface area contributed by atoms with Gasteiger partial charge in [-0.3, -0.25) is 0 Å². The Morgan fingerprint density at radius 3 is 1.80 bits per heavy atom. The van der Waals surface area contributed by atoms with Crippen molar-refractivity contribution in [3.05, 3.63) is 35.8 Å². The highest BCUT2D eigenvalue weighted by molar-refractivity contribution is 8.02. The first-order chi connectivity index (χ1) is 21.0. The largest absolute Gasteiger partial charge is 0.548 e. The number of rotatable bonds is 24. The molecule has 0 saturated carbocycles. The van der Waals surface area contributed by atoms with Gasteiger partial charge >= 0.3 is 0 Å². The van der Waals surface area contributed by atoms with Crippen LogP contribution in [0.4, 0.5) is 0 Å². The molecule has 0 aromatic heterocycles. The Labute approximate surface area is 264 Å². The molecule has 1 heterocycles. The second-order valence-corrected chi connectivity index (χ2v) is 11.3. The fourth-order valence-corrected chi connectivity index (χ4v) is 5.23. The van der Waals surface area contributed by atoms with E-state index in [0.717, 1.165) is 6.42 Å². The molecule has 8 atom stereocenters. The maximum absolute atomic E-state index is 10.8. The molecule has 6 N–H and O–H groups in total. The van der Waals surface area contributed by atoms with Gasteiger partial charge in [-0.05, 0) is 43.9 Å². The molecule has 1 saturated heterocycles. The van der Waals surface area contributed by atoms with Gasteiger partial charge in [-0.15, -0.1) is 11.8 Å². The van der Waals surface area contributed by atoms with Crippen LogP contribution in [-0.4, -0.2) is 92.6 Å². The minimum Gasteiger partial charge on any atom is -0.548 e. The summed E-state index contributed by atoms with van der Waals surface area (Å²) in [6, 6.07) is -3.09. The lowest BCUT2D eigenvalue weighted by Gasteiger charge is -2.46. The SMILES string of the molecule is CC[C@@H]1OC(COC/C=C/SCC(N)C(=O)[O-])[C@@H](CC)[C@H](OC/C=C/CCC(N)C(=O)[O-])C1OC/C=C/CCC(N)C(=O)[O-]. The molecule has 252 valence electrons. The summed E-state index contributed by atoms with van der Waals surface area (Å²) >= 11 is 1.26. The molecule has 0 radical (unpaired) electrons. The van der Waals surface area contributed by atoms with Crippen molar-refractivity contribution < 1.29 is 48.7 Å². The third-order valence-electron chi connectivity index (χ3n) is 7.08. The van der Waals surface area contributed by atoms with E-state index in [1.807, 2.05) is 38.2 Å². The lowest BCUT2D eigenvalue weighted by Crippen LogP contribution is -2.57. The van der Waals surface area contributed by atoms with Crippen LogP contribution >= 0.6 is 11.8 Å². The van der Waals surface area contributed by atoms with Crippen LogP contribution in [0.1, 0.15) is 52.4 Å². The maximum Gasteiger partial charge on any atom is 0.111 e. The Hall–Kier alpha value is -2.30. The van der Waals surface area contributed by atoms with E-state index in [0.29, 0.717) is 32.5 Å². The number of allylic oxidation sites excluding steroid dienone is 2. The van der Waals surface area contributed by atoms with Gasteiger partial charge in [0, 0.05) is 23.8 Å². The molecule has 5 unspecified atom stereocenters. The van der Waals surface area contributed by atoms with Crippen LogP contribution in [0.2, 0.25) is 0 Å². The Kier molecular flexibility index (Phi) is 20.9. The van der Waals surface area contributed by atoms with E-state index in [9.17, 15) is 29.7 Å². The summed E-state index contributed by atoms with van der Waals surface area (Å²) in [6.07, 6.45) is 10.6. The minimum absolute atomic E-state index is 0.0628. The van der Waals surface area contributed by atoms with Crippen LogP contribution in [-0.2, 0) is 33.3 Å². The summed E-state index contributed by atoms with van der Waals surface area (Å²) < 4.78 is 24.9. The Balaban J connectivity index is 2.84. The number of ether oxygens (including phenoxy) is 4. The second kappa shape index (κ2) is 23.1. The molecule has 0 aromatic rings. The van der Waals surface area contributed by atoms with Crippen molar-refractivity contribution in [1.82, 2.24) is 0 Å². The van der Waals surface area contributed by atoms with Crippen molar-refractivity contribution in [1.29, 1.82) is 0 Å². The normalized spacial score (nSPS) is 24.6. The van der Waals surface area contributed by atoms with Crippen LogP contribution in [0.25, 0.3) is 0 Å². The number of aliphatic carboxylic acids is 3. The van der Waals surface area contributed by atoms with Gasteiger partial charge in [0.15, 0.2) is 0 Å². The van der Waals surface area contributed by atoms with Gasteiger partial charge in [-0.2, -0.15) is 0 Å². The molecular formula is C30H48N3O10S-3. The summed E-state index contributed by atoms with van der Waals surface area (Å²) in [6.45, 7) is 5.19. The highest BCUT2D eigenvalue weighted by Crippen LogP contribution is 2.34. The summed E-state index contributed by atoms with van der Waals surface area (Å²) in [5, 5.41) is 34.1. The van der Waals surface area contributed by atoms with Gasteiger partial charge in [0.25, 0.3) is 0 Å². The van der Waals surface area contributed by atoms with E-state index < -0.39 is 36.0 Å². The van der Waals surface area contributed by atoms with Gasteiger partial charge in [-0.1, -0.05) is 44.2 Å². The molecule has 0 amide bonds. The molecule has 1 aliphatic heterocycles. The molecule has 0 bridgehead atoms. The molecule has 1 fully saturated rings. The van der Waals surface area contributed by atoms with Gasteiger partial charge in [0.2, 0.25) is 0 Å². The van der Waals surface area contributed by atoms with E-state index in [2.05, 4.69) is 0 Å². The van der Waals surface area contributed by atoms with E-state index in [1.54, 1.807) is 11.5 Å². The van der Waals surface area contributed by atoms with Gasteiger partial charge in [0.1, 0.15) is 6.10 Å². The van der Waals surface area contributed by atoms with Crippen LogP contribution in [0.3, 0.4) is 0 Å². The number of thioether (sulfide) groups is 1. The van der Waals surface area contributed by atoms with Crippen molar-refractivity contribution in [3.8, 4) is 0 Å². The van der Waals surface area contributed by atoms with Gasteiger partial charge in [0.05, 0.1) is 68.7 Å². The van der Waals surface area contributed by atoms with Crippen LogP contribution in [0.15, 0.2) is 35.8 Å². The van der Waals surface area contributed by atoms with Gasteiger partial charge in [-0.25, -0.2) is 0 Å². The lowest BCUT2D eigenvalue weighted by atomic mass is 9.84. The van der Waals surface area contributed by atoms with Crippen molar-refractivity contribution in [2.75, 3.05) is 32.2 Å². The Morgan fingerprint density at radius 1 is 0.750 bits per heavy atom. The first-order valence-electron chi connectivity index (χ1n) is 15.0. The van der Waals surface area contributed by atoms with Crippen molar-refractivity contribution >= 4 is 29.7 Å². The fraction of sp³-hybridized carbons (Fsp3) is 0.700. The van der Waals surface area contributed by atoms with Crippen LogP contribution < -0.4 is 32.5 Å². The zero-order valence-electron chi connectivity index (χ0n) is 25.6. The third-order valence-corrected chi connectivity index (χ3v) is 8.01. The number of hydrogen-bond donors (Lipinski definition) is 3. The van der Waals surface area contributed by atoms with Crippen molar-refractivity contribution in [2.24, 2.45) is 23.1 Å². The average Bonchev–Trinajstić information content (AvgIpc) is 2.99. The number of carbonyl (C=O) groups excluding carboxylic acids is 3. The standard InChI is InChI=1S/C30H51N3O10S/c1-3-20-25(18-40-14-11-17-44-19-23(33)30(38)39)43-24(4-2)27(42-16-10-6-8-13-22(32)29(36)37)26(20)41-15-9-5-7-12-21(31)28(34)35/h5-6,9-11,17,20-27H,3-4,7-8,12-16,18-19,31-33H2,1-2H3,(H,34,35)(H,36,37)(H,38,39)/p-3/b9-5+,10-6+,17-11+/t20-,21?,22?,23?,24+,25?,26+,27?/m1/s1. The molecular weight excluding hydrogens is 594 g/mol. The predicted octanol–water partition coefficient (Wildman–Crippen LogP) is -1.87. The predicted molar refractivity (Wildman–Crippen MR) is 160 cm³/mol. The van der Waals surface area contributed by atoms with Crippen LogP contribution in [0, 0.1) is 5.92 Å². The molecule has 0 aromatic carbocycles. The van der Waals surface area contributed by atoms with E-state index in [4.69, 9.17) is 36.1 Å². The average molecular weight is 643 g/mol. The number of hydrogen-bond acceptors (Lipinski definition) is 14. The quantitative estimate of drug-likeness (QED) is 0.0773. The van der Waals surface area contributed by atoms with E-state index in [-0.39, 0.29) is 62.1 Å². The summed E-state index contributed by atoms with van der Waals surface area (Å²) in [7, 11) is 0. The number of nitrogens with two attached hydrogens (primary N) is 3. The fourth-order valence-electron chi connectivity index (χ4n) is 4.56. The first-order valence-corrected chi connectivity index (χ1v) is 16.0. The van der Waals surface area contributed by atoms with Gasteiger partial charge < -0.3 is 65.9 Å². The molecule has 0 aliphatic carbocycles. The molecule has 44 heavy (non-hydrogen) atoms. The number of carbonyl (C=O) groups is 3. The smallest absolute Gasteiger partial charge is 0.111 e. The summed E-state index contributed by atoms with van der Waals surface area (Å²) in [4.78, 5) is 32.3.